The molecule has 34 heavy (non-hydrogen) atoms. The van der Waals surface area contributed by atoms with Crippen molar-refractivity contribution in [2.75, 3.05) is 20.3 Å². The fourth-order valence-electron chi connectivity index (χ4n) is 2.22. The van der Waals surface area contributed by atoms with E-state index in [1.807, 2.05) is 0 Å². The Hall–Kier alpha value is -3.56. The van der Waals surface area contributed by atoms with E-state index in [1.165, 1.54) is 4.72 Å². The fraction of sp³-hybridized carbons (Fsp3) is 0.278. The molecule has 1 N–H and O–H groups in total. The lowest BCUT2D eigenvalue weighted by molar-refractivity contribution is -0.154. The average Bonchev–Trinajstić information content (AvgIpc) is 2.74. The zero-order valence-electron chi connectivity index (χ0n) is 16.9. The van der Waals surface area contributed by atoms with Crippen LogP contribution in [-0.2, 0) is 14.8 Å². The van der Waals surface area contributed by atoms with Gasteiger partial charge in [-0.15, -0.1) is 0 Å². The lowest BCUT2D eigenvalue weighted by Crippen LogP contribution is -2.31. The zero-order valence-corrected chi connectivity index (χ0v) is 17.7. The summed E-state index contributed by atoms with van der Waals surface area (Å²) in [4.78, 5) is 26.2. The van der Waals surface area contributed by atoms with E-state index >= 15 is 0 Å². The van der Waals surface area contributed by atoms with E-state index in [0.29, 0.717) is 12.1 Å². The minimum atomic E-state index is -4.99. The summed E-state index contributed by atoms with van der Waals surface area (Å²) in [5.41, 5.74) is -0.585. The van der Waals surface area contributed by atoms with Crippen LogP contribution in [0.2, 0.25) is 0 Å². The third-order valence-corrected chi connectivity index (χ3v) is 5.00. The Balaban J connectivity index is 2.35. The molecular weight excluding hydrogens is 502 g/mol. The van der Waals surface area contributed by atoms with Crippen LogP contribution in [0.4, 0.5) is 26.3 Å². The van der Waals surface area contributed by atoms with Crippen molar-refractivity contribution in [1.82, 2.24) is 9.71 Å². The molecule has 1 heterocycles. The van der Waals surface area contributed by atoms with Crippen molar-refractivity contribution in [3.05, 3.63) is 47.8 Å². The summed E-state index contributed by atoms with van der Waals surface area (Å²) in [5, 5.41) is 0. The highest BCUT2D eigenvalue weighted by Gasteiger charge is 2.32. The van der Waals surface area contributed by atoms with Crippen LogP contribution in [0.3, 0.4) is 0 Å². The first-order valence-corrected chi connectivity index (χ1v) is 10.2. The number of methoxy groups -OCH3 is 1. The number of benzene rings is 1. The Morgan fingerprint density at radius 1 is 0.971 bits per heavy atom. The number of hydrogen-bond donors (Lipinski definition) is 1. The maximum atomic E-state index is 12.7. The summed E-state index contributed by atoms with van der Waals surface area (Å²) in [5.74, 6) is -3.74. The molecule has 1 amide bonds. The summed E-state index contributed by atoms with van der Waals surface area (Å²) < 4.78 is 115. The van der Waals surface area contributed by atoms with E-state index in [1.54, 1.807) is 0 Å². The Bertz CT molecular complexity index is 1150. The predicted octanol–water partition coefficient (Wildman–Crippen LogP) is 2.87. The van der Waals surface area contributed by atoms with Gasteiger partial charge >= 0.3 is 18.3 Å². The van der Waals surface area contributed by atoms with Crippen molar-refractivity contribution < 1.29 is 58.6 Å². The molecule has 0 radical (unpaired) electrons. The fourth-order valence-corrected chi connectivity index (χ4v) is 3.36. The van der Waals surface area contributed by atoms with Crippen LogP contribution in [0.1, 0.15) is 20.8 Å². The lowest BCUT2D eigenvalue weighted by atomic mass is 10.2. The Kier molecular flexibility index (Phi) is 7.97. The second kappa shape index (κ2) is 10.1. The van der Waals surface area contributed by atoms with Gasteiger partial charge in [-0.3, -0.25) is 4.79 Å². The molecule has 1 aromatic carbocycles. The number of esters is 1. The summed E-state index contributed by atoms with van der Waals surface area (Å²) in [6, 6.07) is 3.91. The van der Waals surface area contributed by atoms with Crippen LogP contribution in [-0.4, -0.2) is 58.0 Å². The van der Waals surface area contributed by atoms with Gasteiger partial charge in [0.1, 0.15) is 22.1 Å². The molecule has 0 saturated carbocycles. The Morgan fingerprint density at radius 3 is 2.12 bits per heavy atom. The third-order valence-electron chi connectivity index (χ3n) is 3.65. The molecule has 0 bridgehead atoms. The number of aromatic nitrogens is 1. The van der Waals surface area contributed by atoms with Gasteiger partial charge in [-0.25, -0.2) is 22.9 Å². The number of pyridine rings is 1. The van der Waals surface area contributed by atoms with Crippen LogP contribution in [0.25, 0.3) is 0 Å². The summed E-state index contributed by atoms with van der Waals surface area (Å²) in [7, 11) is -3.91. The third kappa shape index (κ3) is 7.79. The zero-order chi connectivity index (χ0) is 25.7. The highest BCUT2D eigenvalue weighted by Crippen LogP contribution is 2.31. The van der Waals surface area contributed by atoms with Gasteiger partial charge in [0, 0.05) is 12.3 Å². The highest BCUT2D eigenvalue weighted by atomic mass is 32.2. The molecule has 2 rings (SSSR count). The number of sulfonamides is 1. The molecule has 2 aromatic rings. The molecule has 1 aromatic heterocycles. The standard InChI is InChI=1S/C18H14F6N2O7S/c1-31-16(28)12-4-2-10(7-25-12)15(27)26-34(29,30)14-6-11(32-8-17(19,20)21)3-5-13(14)33-9-18(22,23)24/h2-7H,8-9H2,1H3,(H,26,27). The number of nitrogens with one attached hydrogen (secondary N) is 1. The van der Waals surface area contributed by atoms with Crippen LogP contribution < -0.4 is 14.2 Å². The number of nitrogens with zero attached hydrogens (tertiary/aromatic N) is 1. The molecule has 0 aliphatic carbocycles. The number of ether oxygens (including phenoxy) is 3. The van der Waals surface area contributed by atoms with Crippen molar-refractivity contribution in [3.8, 4) is 11.5 Å². The summed E-state index contributed by atoms with van der Waals surface area (Å²) in [6.45, 7) is -3.75. The van der Waals surface area contributed by atoms with Crippen molar-refractivity contribution in [2.45, 2.75) is 17.2 Å². The van der Waals surface area contributed by atoms with Crippen molar-refractivity contribution in [2.24, 2.45) is 0 Å². The first-order valence-electron chi connectivity index (χ1n) is 8.76. The number of rotatable bonds is 8. The van der Waals surface area contributed by atoms with Crippen molar-refractivity contribution in [1.29, 1.82) is 0 Å². The van der Waals surface area contributed by atoms with E-state index in [2.05, 4.69) is 19.2 Å². The maximum absolute atomic E-state index is 12.7. The minimum absolute atomic E-state index is 0.209. The SMILES string of the molecule is COC(=O)c1ccc(C(=O)NS(=O)(=O)c2cc(OCC(F)(F)F)ccc2OCC(F)(F)F)cn1. The Labute approximate surface area is 187 Å². The quantitative estimate of drug-likeness (QED) is 0.420. The normalized spacial score (nSPS) is 12.1. The van der Waals surface area contributed by atoms with E-state index in [9.17, 15) is 44.3 Å². The van der Waals surface area contributed by atoms with Crippen LogP contribution in [0.5, 0.6) is 11.5 Å². The van der Waals surface area contributed by atoms with E-state index < -0.39 is 63.9 Å². The lowest BCUT2D eigenvalue weighted by Gasteiger charge is -2.16. The molecule has 0 spiro atoms. The number of halogens is 6. The van der Waals surface area contributed by atoms with Gasteiger partial charge in [0.25, 0.3) is 15.9 Å². The van der Waals surface area contributed by atoms with Gasteiger partial charge in [-0.1, -0.05) is 0 Å². The smallest absolute Gasteiger partial charge is 0.422 e. The molecule has 0 aliphatic heterocycles. The largest absolute Gasteiger partial charge is 0.484 e. The topological polar surface area (TPSA) is 121 Å². The predicted molar refractivity (Wildman–Crippen MR) is 99.8 cm³/mol. The second-order valence-electron chi connectivity index (χ2n) is 6.27. The number of amides is 1. The van der Waals surface area contributed by atoms with Gasteiger partial charge < -0.3 is 14.2 Å². The molecule has 16 heteroatoms. The molecule has 0 unspecified atom stereocenters. The number of alkyl halides is 6. The van der Waals surface area contributed by atoms with E-state index in [0.717, 1.165) is 31.5 Å². The molecule has 9 nitrogen and oxygen atoms in total. The van der Waals surface area contributed by atoms with Gasteiger partial charge in [0.15, 0.2) is 13.2 Å². The average molecular weight is 516 g/mol. The number of hydrogen-bond acceptors (Lipinski definition) is 8. The maximum Gasteiger partial charge on any atom is 0.422 e. The van der Waals surface area contributed by atoms with Crippen LogP contribution >= 0.6 is 0 Å². The van der Waals surface area contributed by atoms with Gasteiger partial charge in [-0.2, -0.15) is 26.3 Å². The highest BCUT2D eigenvalue weighted by molar-refractivity contribution is 7.90. The molecule has 0 fully saturated rings. The van der Waals surface area contributed by atoms with Gasteiger partial charge in [0.05, 0.1) is 12.7 Å². The van der Waals surface area contributed by atoms with Gasteiger partial charge in [-0.05, 0) is 24.3 Å². The first-order chi connectivity index (χ1) is 15.6. The minimum Gasteiger partial charge on any atom is -0.484 e. The van der Waals surface area contributed by atoms with Gasteiger partial charge in [0.2, 0.25) is 0 Å². The van der Waals surface area contributed by atoms with Crippen molar-refractivity contribution in [3.63, 3.8) is 0 Å². The molecule has 0 atom stereocenters. The second-order valence-corrected chi connectivity index (χ2v) is 7.93. The molecule has 0 aliphatic rings. The number of carbonyl (C=O) groups is 2. The Morgan fingerprint density at radius 2 is 1.59 bits per heavy atom. The molecule has 0 saturated heterocycles. The summed E-state index contributed by atoms with van der Waals surface area (Å²) in [6.07, 6.45) is -8.84. The summed E-state index contributed by atoms with van der Waals surface area (Å²) >= 11 is 0. The van der Waals surface area contributed by atoms with E-state index in [4.69, 9.17) is 0 Å². The first kappa shape index (κ1) is 26.7. The molecule has 186 valence electrons. The van der Waals surface area contributed by atoms with E-state index in [-0.39, 0.29) is 11.3 Å². The van der Waals surface area contributed by atoms with Crippen LogP contribution in [0.15, 0.2) is 41.4 Å². The van der Waals surface area contributed by atoms with Crippen LogP contribution in [0, 0.1) is 0 Å². The number of carbonyl (C=O) groups excluding carboxylic acids is 2. The van der Waals surface area contributed by atoms with Crippen molar-refractivity contribution >= 4 is 21.9 Å². The molecular formula is C18H14F6N2O7S. The monoisotopic (exact) mass is 516 g/mol.